The number of carboxylic acids is 2. The van der Waals surface area contributed by atoms with Gasteiger partial charge < -0.3 is 15.5 Å². The van der Waals surface area contributed by atoms with Crippen molar-refractivity contribution in [2.24, 2.45) is 0 Å². The minimum atomic E-state index is -1.44. The molecule has 0 spiro atoms. The summed E-state index contributed by atoms with van der Waals surface area (Å²) < 4.78 is 0. The number of aromatic carboxylic acids is 2. The van der Waals surface area contributed by atoms with Crippen molar-refractivity contribution in [3.05, 3.63) is 29.3 Å². The largest absolute Gasteiger partial charge is 0.478 e. The van der Waals surface area contributed by atoms with Crippen LogP contribution in [0.4, 0.5) is 5.69 Å². The highest BCUT2D eigenvalue weighted by atomic mass is 35.5. The van der Waals surface area contributed by atoms with Crippen molar-refractivity contribution in [2.75, 3.05) is 11.2 Å². The smallest absolute Gasteiger partial charge is 0.338 e. The molecule has 3 N–H and O–H groups in total. The van der Waals surface area contributed by atoms with Gasteiger partial charge in [-0.15, -0.1) is 11.6 Å². The van der Waals surface area contributed by atoms with Gasteiger partial charge in [0.15, 0.2) is 0 Å². The minimum absolute atomic E-state index is 0.0944. The molecule has 1 amide bonds. The van der Waals surface area contributed by atoms with Crippen molar-refractivity contribution in [2.45, 2.75) is 0 Å². The second-order valence-electron chi connectivity index (χ2n) is 3.02. The van der Waals surface area contributed by atoms with E-state index in [1.165, 1.54) is 12.1 Å². The molecule has 90 valence electrons. The average Bonchev–Trinajstić information content (AvgIpc) is 2.28. The van der Waals surface area contributed by atoms with E-state index in [-0.39, 0.29) is 11.6 Å². The zero-order chi connectivity index (χ0) is 13.0. The van der Waals surface area contributed by atoms with Crippen LogP contribution in [0.5, 0.6) is 0 Å². The lowest BCUT2D eigenvalue weighted by Crippen LogP contribution is -2.18. The molecule has 0 atom stereocenters. The van der Waals surface area contributed by atoms with E-state index < -0.39 is 29.0 Å². The van der Waals surface area contributed by atoms with Crippen LogP contribution in [0.1, 0.15) is 20.7 Å². The van der Waals surface area contributed by atoms with E-state index in [1.54, 1.807) is 0 Å². The molecule has 0 aromatic heterocycles. The Morgan fingerprint density at radius 1 is 1.18 bits per heavy atom. The quantitative estimate of drug-likeness (QED) is 0.705. The van der Waals surface area contributed by atoms with Gasteiger partial charge in [-0.1, -0.05) is 6.07 Å². The van der Waals surface area contributed by atoms with E-state index in [4.69, 9.17) is 21.8 Å². The summed E-state index contributed by atoms with van der Waals surface area (Å²) in [6.45, 7) is 0. The number of hydrogen-bond acceptors (Lipinski definition) is 3. The number of halogens is 1. The van der Waals surface area contributed by atoms with Crippen molar-refractivity contribution in [3.8, 4) is 0 Å². The van der Waals surface area contributed by atoms with Gasteiger partial charge in [-0.05, 0) is 12.1 Å². The zero-order valence-electron chi connectivity index (χ0n) is 8.44. The Labute approximate surface area is 101 Å². The summed E-state index contributed by atoms with van der Waals surface area (Å²) >= 11 is 5.26. The second-order valence-corrected chi connectivity index (χ2v) is 3.29. The third-order valence-corrected chi connectivity index (χ3v) is 2.15. The van der Waals surface area contributed by atoms with Crippen LogP contribution in [0.3, 0.4) is 0 Å². The highest BCUT2D eigenvalue weighted by molar-refractivity contribution is 6.29. The SMILES string of the molecule is O=C(CCl)Nc1cccc(C(=O)O)c1C(=O)O. The number of carboxylic acid groups (broad SMARTS) is 2. The van der Waals surface area contributed by atoms with Crippen molar-refractivity contribution >= 4 is 35.1 Å². The van der Waals surface area contributed by atoms with Gasteiger partial charge >= 0.3 is 11.9 Å². The first-order chi connectivity index (χ1) is 7.97. The van der Waals surface area contributed by atoms with Gasteiger partial charge in [0.05, 0.1) is 16.8 Å². The molecule has 0 heterocycles. The molecule has 0 aliphatic heterocycles. The van der Waals surface area contributed by atoms with Gasteiger partial charge in [0.2, 0.25) is 5.91 Å². The fourth-order valence-corrected chi connectivity index (χ4v) is 1.32. The Kier molecular flexibility index (Phi) is 4.06. The lowest BCUT2D eigenvalue weighted by molar-refractivity contribution is -0.113. The molecule has 17 heavy (non-hydrogen) atoms. The van der Waals surface area contributed by atoms with Crippen LogP contribution < -0.4 is 5.32 Å². The normalized spacial score (nSPS) is 9.71. The van der Waals surface area contributed by atoms with E-state index in [9.17, 15) is 14.4 Å². The molecule has 6 nitrogen and oxygen atoms in total. The van der Waals surface area contributed by atoms with E-state index in [0.29, 0.717) is 0 Å². The number of carbonyl (C=O) groups is 3. The van der Waals surface area contributed by atoms with Crippen LogP contribution in [-0.2, 0) is 4.79 Å². The average molecular weight is 258 g/mol. The van der Waals surface area contributed by atoms with Crippen LogP contribution >= 0.6 is 11.6 Å². The number of rotatable bonds is 4. The molecule has 0 aliphatic rings. The zero-order valence-corrected chi connectivity index (χ0v) is 9.19. The summed E-state index contributed by atoms with van der Waals surface area (Å²) in [4.78, 5) is 32.9. The first-order valence-corrected chi connectivity index (χ1v) is 4.96. The first-order valence-electron chi connectivity index (χ1n) is 4.42. The van der Waals surface area contributed by atoms with Crippen LogP contribution in [0.25, 0.3) is 0 Å². The number of anilines is 1. The maximum absolute atomic E-state index is 11.1. The summed E-state index contributed by atoms with van der Waals surface area (Å²) in [5, 5.41) is 20.0. The molecular formula is C10H8ClNO5. The summed E-state index contributed by atoms with van der Waals surface area (Å²) in [5.41, 5.74) is -0.966. The highest BCUT2D eigenvalue weighted by Gasteiger charge is 2.20. The predicted molar refractivity (Wildman–Crippen MR) is 59.7 cm³/mol. The molecule has 7 heteroatoms. The molecule has 0 aliphatic carbocycles. The lowest BCUT2D eigenvalue weighted by Gasteiger charge is -2.09. The summed E-state index contributed by atoms with van der Waals surface area (Å²) in [5.74, 6) is -3.79. The Morgan fingerprint density at radius 3 is 2.29 bits per heavy atom. The van der Waals surface area contributed by atoms with Crippen molar-refractivity contribution in [1.82, 2.24) is 0 Å². The predicted octanol–water partition coefficient (Wildman–Crippen LogP) is 1.26. The molecule has 1 aromatic carbocycles. The standard InChI is InChI=1S/C10H8ClNO5/c11-4-7(13)12-6-3-1-2-5(9(14)15)8(6)10(16)17/h1-3H,4H2,(H,12,13)(H,14,15)(H,16,17). The summed E-state index contributed by atoms with van der Waals surface area (Å²) in [6.07, 6.45) is 0. The number of amides is 1. The van der Waals surface area contributed by atoms with Crippen LogP contribution in [0.15, 0.2) is 18.2 Å². The Hall–Kier alpha value is -2.08. The van der Waals surface area contributed by atoms with Gasteiger partial charge in [-0.25, -0.2) is 9.59 Å². The van der Waals surface area contributed by atoms with E-state index in [2.05, 4.69) is 5.32 Å². The van der Waals surface area contributed by atoms with Crippen molar-refractivity contribution in [1.29, 1.82) is 0 Å². The molecule has 0 saturated carbocycles. The minimum Gasteiger partial charge on any atom is -0.478 e. The van der Waals surface area contributed by atoms with Crippen LogP contribution in [0, 0.1) is 0 Å². The maximum Gasteiger partial charge on any atom is 0.338 e. The van der Waals surface area contributed by atoms with E-state index in [1.807, 2.05) is 0 Å². The first kappa shape index (κ1) is 13.0. The molecule has 1 aromatic rings. The monoisotopic (exact) mass is 257 g/mol. The fourth-order valence-electron chi connectivity index (χ4n) is 1.25. The molecule has 0 saturated heterocycles. The maximum atomic E-state index is 11.1. The molecule has 0 bridgehead atoms. The molecule has 1 rings (SSSR count). The van der Waals surface area contributed by atoms with Gasteiger partial charge in [0, 0.05) is 0 Å². The van der Waals surface area contributed by atoms with Crippen molar-refractivity contribution in [3.63, 3.8) is 0 Å². The second kappa shape index (κ2) is 5.31. The molecule has 0 radical (unpaired) electrons. The summed E-state index contributed by atoms with van der Waals surface area (Å²) in [7, 11) is 0. The van der Waals surface area contributed by atoms with Crippen LogP contribution in [-0.4, -0.2) is 33.9 Å². The van der Waals surface area contributed by atoms with Gasteiger partial charge in [0.1, 0.15) is 5.88 Å². The highest BCUT2D eigenvalue weighted by Crippen LogP contribution is 2.20. The topological polar surface area (TPSA) is 104 Å². The molecular weight excluding hydrogens is 250 g/mol. The third-order valence-electron chi connectivity index (χ3n) is 1.90. The Morgan fingerprint density at radius 2 is 1.82 bits per heavy atom. The molecule has 0 unspecified atom stereocenters. The number of alkyl halides is 1. The van der Waals surface area contributed by atoms with E-state index in [0.717, 1.165) is 6.07 Å². The fraction of sp³-hybridized carbons (Fsp3) is 0.100. The Balaban J connectivity index is 3.30. The van der Waals surface area contributed by atoms with Gasteiger partial charge in [-0.3, -0.25) is 4.79 Å². The number of carbonyl (C=O) groups excluding carboxylic acids is 1. The summed E-state index contributed by atoms with van der Waals surface area (Å²) in [6, 6.07) is 3.77. The van der Waals surface area contributed by atoms with Crippen molar-refractivity contribution < 1.29 is 24.6 Å². The number of hydrogen-bond donors (Lipinski definition) is 3. The third kappa shape index (κ3) is 2.94. The van der Waals surface area contributed by atoms with Gasteiger partial charge in [0.25, 0.3) is 0 Å². The Bertz CT molecular complexity index is 486. The lowest BCUT2D eigenvalue weighted by atomic mass is 10.1. The van der Waals surface area contributed by atoms with Gasteiger partial charge in [-0.2, -0.15) is 0 Å². The number of benzene rings is 1. The van der Waals surface area contributed by atoms with E-state index >= 15 is 0 Å². The van der Waals surface area contributed by atoms with Crippen LogP contribution in [0.2, 0.25) is 0 Å². The number of nitrogens with one attached hydrogen (secondary N) is 1. The molecule has 0 fully saturated rings.